The van der Waals surface area contributed by atoms with Crippen LogP contribution >= 0.6 is 0 Å². The average molecular weight is 299 g/mol. The van der Waals surface area contributed by atoms with E-state index < -0.39 is 10.0 Å². The van der Waals surface area contributed by atoms with Gasteiger partial charge < -0.3 is 5.11 Å². The molecule has 0 amide bonds. The fraction of sp³-hybridized carbons (Fsp3) is 0.455. The lowest BCUT2D eigenvalue weighted by Gasteiger charge is -2.02. The normalized spacial score (nSPS) is 11.9. The number of aryl methyl sites for hydroxylation is 2. The standard InChI is InChI=1S/C11H17N5O3S/c1-15-5-3-10(14-15)7-13-20(18,19)11-8-12-16(9-11)4-2-6-17/h3,5,8-9,13,17H,2,4,6-7H2,1H3. The zero-order valence-electron chi connectivity index (χ0n) is 11.1. The van der Waals surface area contributed by atoms with Crippen molar-refractivity contribution in [2.75, 3.05) is 6.61 Å². The topological polar surface area (TPSA) is 102 Å². The summed E-state index contributed by atoms with van der Waals surface area (Å²) in [5.74, 6) is 0. The molecule has 2 rings (SSSR count). The summed E-state index contributed by atoms with van der Waals surface area (Å²) in [5, 5.41) is 16.8. The largest absolute Gasteiger partial charge is 0.396 e. The minimum Gasteiger partial charge on any atom is -0.396 e. The molecule has 0 saturated heterocycles. The number of rotatable bonds is 7. The summed E-state index contributed by atoms with van der Waals surface area (Å²) >= 11 is 0. The van der Waals surface area contributed by atoms with Gasteiger partial charge in [-0.15, -0.1) is 0 Å². The van der Waals surface area contributed by atoms with E-state index in [1.54, 1.807) is 24.0 Å². The van der Waals surface area contributed by atoms with E-state index in [2.05, 4.69) is 14.9 Å². The number of aliphatic hydroxyl groups is 1. The Labute approximate surface area is 117 Å². The number of hydrogen-bond donors (Lipinski definition) is 2. The van der Waals surface area contributed by atoms with E-state index in [0.717, 1.165) is 0 Å². The van der Waals surface area contributed by atoms with E-state index in [-0.39, 0.29) is 18.0 Å². The minimum atomic E-state index is -3.60. The fourth-order valence-corrected chi connectivity index (χ4v) is 2.60. The third-order valence-electron chi connectivity index (χ3n) is 2.68. The first-order chi connectivity index (χ1) is 9.51. The zero-order valence-corrected chi connectivity index (χ0v) is 11.9. The molecule has 0 aliphatic rings. The summed E-state index contributed by atoms with van der Waals surface area (Å²) in [6.07, 6.45) is 5.01. The van der Waals surface area contributed by atoms with Gasteiger partial charge in [-0.05, 0) is 12.5 Å². The first-order valence-corrected chi connectivity index (χ1v) is 7.61. The smallest absolute Gasteiger partial charge is 0.244 e. The van der Waals surface area contributed by atoms with E-state index in [1.807, 2.05) is 0 Å². The Morgan fingerprint density at radius 3 is 2.90 bits per heavy atom. The molecule has 2 N–H and O–H groups in total. The summed E-state index contributed by atoms with van der Waals surface area (Å²) in [7, 11) is -1.83. The van der Waals surface area contributed by atoms with E-state index in [1.165, 1.54) is 17.1 Å². The van der Waals surface area contributed by atoms with Crippen molar-refractivity contribution in [2.24, 2.45) is 7.05 Å². The van der Waals surface area contributed by atoms with Crippen molar-refractivity contribution in [3.63, 3.8) is 0 Å². The van der Waals surface area contributed by atoms with Crippen LogP contribution in [0.15, 0.2) is 29.6 Å². The molecule has 0 bridgehead atoms. The molecule has 0 atom stereocenters. The van der Waals surface area contributed by atoms with Crippen molar-refractivity contribution < 1.29 is 13.5 Å². The van der Waals surface area contributed by atoms with Crippen molar-refractivity contribution in [1.29, 1.82) is 0 Å². The van der Waals surface area contributed by atoms with Gasteiger partial charge in [0.25, 0.3) is 0 Å². The number of sulfonamides is 1. The van der Waals surface area contributed by atoms with Crippen LogP contribution in [0.5, 0.6) is 0 Å². The maximum absolute atomic E-state index is 12.1. The lowest BCUT2D eigenvalue weighted by Crippen LogP contribution is -2.23. The third kappa shape index (κ3) is 3.65. The summed E-state index contributed by atoms with van der Waals surface area (Å²) in [5.41, 5.74) is 0.642. The van der Waals surface area contributed by atoms with Gasteiger partial charge in [-0.1, -0.05) is 0 Å². The van der Waals surface area contributed by atoms with Gasteiger partial charge in [0.15, 0.2) is 0 Å². The summed E-state index contributed by atoms with van der Waals surface area (Å²) in [6, 6.07) is 1.74. The van der Waals surface area contributed by atoms with Crippen LogP contribution in [0.1, 0.15) is 12.1 Å². The second-order valence-corrected chi connectivity index (χ2v) is 6.09. The average Bonchev–Trinajstić information content (AvgIpc) is 3.03. The fourth-order valence-electron chi connectivity index (χ4n) is 1.65. The molecule has 0 saturated carbocycles. The molecular formula is C11H17N5O3S. The number of aliphatic hydroxyl groups excluding tert-OH is 1. The van der Waals surface area contributed by atoms with Crippen molar-refractivity contribution in [2.45, 2.75) is 24.4 Å². The Bertz CT molecular complexity index is 661. The van der Waals surface area contributed by atoms with Crippen molar-refractivity contribution >= 4 is 10.0 Å². The molecule has 0 aliphatic heterocycles. The van der Waals surface area contributed by atoms with Crippen LogP contribution in [0, 0.1) is 0 Å². The predicted molar refractivity (Wildman–Crippen MR) is 71.2 cm³/mol. The van der Waals surface area contributed by atoms with E-state index in [9.17, 15) is 8.42 Å². The van der Waals surface area contributed by atoms with Crippen molar-refractivity contribution in [1.82, 2.24) is 24.3 Å². The van der Waals surface area contributed by atoms with Gasteiger partial charge in [0.05, 0.1) is 18.4 Å². The predicted octanol–water partition coefficient (Wildman–Crippen LogP) is -0.522. The Kier molecular flexibility index (Phi) is 4.53. The maximum atomic E-state index is 12.1. The Hall–Kier alpha value is -1.71. The minimum absolute atomic E-state index is 0.0415. The molecule has 20 heavy (non-hydrogen) atoms. The van der Waals surface area contributed by atoms with Crippen molar-refractivity contribution in [3.8, 4) is 0 Å². The molecule has 2 aromatic rings. The second-order valence-electron chi connectivity index (χ2n) is 4.32. The SMILES string of the molecule is Cn1ccc(CNS(=O)(=O)c2cnn(CCCO)c2)n1. The van der Waals surface area contributed by atoms with Gasteiger partial charge in [-0.3, -0.25) is 9.36 Å². The van der Waals surface area contributed by atoms with E-state index in [0.29, 0.717) is 18.7 Å². The van der Waals surface area contributed by atoms with Crippen LogP contribution < -0.4 is 4.72 Å². The highest BCUT2D eigenvalue weighted by Crippen LogP contribution is 2.08. The van der Waals surface area contributed by atoms with Crippen LogP contribution in [0.3, 0.4) is 0 Å². The van der Waals surface area contributed by atoms with E-state index >= 15 is 0 Å². The zero-order chi connectivity index (χ0) is 14.6. The molecule has 9 heteroatoms. The highest BCUT2D eigenvalue weighted by atomic mass is 32.2. The molecule has 0 radical (unpaired) electrons. The van der Waals surface area contributed by atoms with Crippen LogP contribution in [-0.4, -0.2) is 39.7 Å². The highest BCUT2D eigenvalue weighted by molar-refractivity contribution is 7.89. The number of nitrogens with zero attached hydrogens (tertiary/aromatic N) is 4. The lowest BCUT2D eigenvalue weighted by molar-refractivity contribution is 0.277. The summed E-state index contributed by atoms with van der Waals surface area (Å²) < 4.78 is 29.7. The Balaban J connectivity index is 2.00. The summed E-state index contributed by atoms with van der Waals surface area (Å²) in [6.45, 7) is 0.650. The van der Waals surface area contributed by atoms with Crippen LogP contribution in [-0.2, 0) is 30.2 Å². The third-order valence-corrected chi connectivity index (χ3v) is 4.03. The molecule has 0 aliphatic carbocycles. The Morgan fingerprint density at radius 2 is 2.25 bits per heavy atom. The van der Waals surface area contributed by atoms with Gasteiger partial charge in [-0.25, -0.2) is 13.1 Å². The quantitative estimate of drug-likeness (QED) is 0.716. The molecule has 2 heterocycles. The maximum Gasteiger partial charge on any atom is 0.244 e. The number of hydrogen-bond acceptors (Lipinski definition) is 5. The lowest BCUT2D eigenvalue weighted by atomic mass is 10.4. The first-order valence-electron chi connectivity index (χ1n) is 6.13. The molecule has 0 unspecified atom stereocenters. The van der Waals surface area contributed by atoms with Gasteiger partial charge in [-0.2, -0.15) is 10.2 Å². The van der Waals surface area contributed by atoms with Crippen LogP contribution in [0.25, 0.3) is 0 Å². The van der Waals surface area contributed by atoms with Gasteiger partial charge in [0, 0.05) is 32.6 Å². The monoisotopic (exact) mass is 299 g/mol. The van der Waals surface area contributed by atoms with Gasteiger partial charge in [0.1, 0.15) is 4.90 Å². The van der Waals surface area contributed by atoms with Crippen LogP contribution in [0.2, 0.25) is 0 Å². The van der Waals surface area contributed by atoms with Crippen LogP contribution in [0.4, 0.5) is 0 Å². The molecule has 2 aromatic heterocycles. The number of nitrogens with one attached hydrogen (secondary N) is 1. The van der Waals surface area contributed by atoms with Gasteiger partial charge in [0.2, 0.25) is 10.0 Å². The molecule has 8 nitrogen and oxygen atoms in total. The van der Waals surface area contributed by atoms with Crippen molar-refractivity contribution in [3.05, 3.63) is 30.4 Å². The molecule has 0 spiro atoms. The molecule has 0 aromatic carbocycles. The van der Waals surface area contributed by atoms with E-state index in [4.69, 9.17) is 5.11 Å². The van der Waals surface area contributed by atoms with Gasteiger partial charge >= 0.3 is 0 Å². The highest BCUT2D eigenvalue weighted by Gasteiger charge is 2.16. The molecular weight excluding hydrogens is 282 g/mol. The molecule has 110 valence electrons. The number of aromatic nitrogens is 4. The summed E-state index contributed by atoms with van der Waals surface area (Å²) in [4.78, 5) is 0.103. The first kappa shape index (κ1) is 14.7. The Morgan fingerprint density at radius 1 is 1.45 bits per heavy atom. The molecule has 0 fully saturated rings. The second kappa shape index (κ2) is 6.16.